The van der Waals surface area contributed by atoms with Crippen molar-refractivity contribution in [1.29, 1.82) is 0 Å². The maximum absolute atomic E-state index is 13.2. The molecule has 0 fully saturated rings. The zero-order valence-corrected chi connectivity index (χ0v) is 10.6. The minimum absolute atomic E-state index is 0.0543. The van der Waals surface area contributed by atoms with Crippen LogP contribution < -0.4 is 0 Å². The van der Waals surface area contributed by atoms with E-state index in [1.165, 1.54) is 12.1 Å². The van der Waals surface area contributed by atoms with Crippen LogP contribution in [0.25, 0.3) is 0 Å². The summed E-state index contributed by atoms with van der Waals surface area (Å²) < 4.78 is 13.2. The number of phenols is 1. The summed E-state index contributed by atoms with van der Waals surface area (Å²) in [6, 6.07) is 4.38. The Bertz CT molecular complexity index is 421. The van der Waals surface area contributed by atoms with Gasteiger partial charge in [0.1, 0.15) is 0 Å². The number of phenolic OH excluding ortho intramolecular Hbond substituents is 1. The van der Waals surface area contributed by atoms with Gasteiger partial charge in [-0.05, 0) is 31.5 Å². The van der Waals surface area contributed by atoms with Crippen molar-refractivity contribution >= 4 is 5.97 Å². The number of benzene rings is 1. The van der Waals surface area contributed by atoms with Crippen LogP contribution in [0.3, 0.4) is 0 Å². The summed E-state index contributed by atoms with van der Waals surface area (Å²) >= 11 is 0. The van der Waals surface area contributed by atoms with Crippen LogP contribution in [0.5, 0.6) is 5.75 Å². The molecule has 0 aromatic heterocycles. The van der Waals surface area contributed by atoms with Crippen LogP contribution in [-0.2, 0) is 11.3 Å². The molecular weight excluding hydrogens is 237 g/mol. The fourth-order valence-electron chi connectivity index (χ4n) is 1.64. The second-order valence-corrected chi connectivity index (χ2v) is 4.49. The molecule has 1 aromatic carbocycles. The molecule has 0 radical (unpaired) electrons. The van der Waals surface area contributed by atoms with Crippen molar-refractivity contribution < 1.29 is 19.4 Å². The molecule has 0 saturated carbocycles. The van der Waals surface area contributed by atoms with Gasteiger partial charge >= 0.3 is 5.97 Å². The van der Waals surface area contributed by atoms with Gasteiger partial charge in [-0.1, -0.05) is 6.07 Å². The minimum Gasteiger partial charge on any atom is -0.505 e. The van der Waals surface area contributed by atoms with Crippen molar-refractivity contribution in [3.8, 4) is 5.75 Å². The second kappa shape index (κ2) is 6.35. The first-order valence-corrected chi connectivity index (χ1v) is 5.83. The molecule has 1 aromatic rings. The molecule has 0 aliphatic rings. The molecule has 4 nitrogen and oxygen atoms in total. The van der Waals surface area contributed by atoms with E-state index in [0.717, 1.165) is 0 Å². The van der Waals surface area contributed by atoms with Crippen molar-refractivity contribution in [3.05, 3.63) is 29.6 Å². The first kappa shape index (κ1) is 14.4. The molecular formula is C13H18FNO3. The van der Waals surface area contributed by atoms with Crippen molar-refractivity contribution in [1.82, 2.24) is 4.90 Å². The number of carbonyl (C=O) groups is 1. The van der Waals surface area contributed by atoms with E-state index in [2.05, 4.69) is 0 Å². The average molecular weight is 255 g/mol. The molecule has 0 atom stereocenters. The van der Waals surface area contributed by atoms with Crippen molar-refractivity contribution in [2.75, 3.05) is 6.54 Å². The van der Waals surface area contributed by atoms with Crippen LogP contribution in [0.4, 0.5) is 4.39 Å². The standard InChI is InChI=1S/C13H18FNO3/c1-9(2)15(6-5-13(17)18)8-10-3-4-12(16)11(14)7-10/h3-4,7,9,16H,5-6,8H2,1-2H3,(H,17,18). The van der Waals surface area contributed by atoms with Gasteiger partial charge in [0.2, 0.25) is 0 Å². The minimum atomic E-state index is -0.850. The fourth-order valence-corrected chi connectivity index (χ4v) is 1.64. The van der Waals surface area contributed by atoms with Crippen molar-refractivity contribution in [3.63, 3.8) is 0 Å². The number of hydrogen-bond acceptors (Lipinski definition) is 3. The van der Waals surface area contributed by atoms with Gasteiger partial charge in [-0.15, -0.1) is 0 Å². The Morgan fingerprint density at radius 3 is 2.61 bits per heavy atom. The molecule has 5 heteroatoms. The Hall–Kier alpha value is -1.62. The number of carboxylic acid groups (broad SMARTS) is 1. The van der Waals surface area contributed by atoms with Gasteiger partial charge in [0.05, 0.1) is 6.42 Å². The van der Waals surface area contributed by atoms with Crippen molar-refractivity contribution in [2.45, 2.75) is 32.9 Å². The van der Waals surface area contributed by atoms with E-state index < -0.39 is 11.8 Å². The Balaban J connectivity index is 2.70. The highest BCUT2D eigenvalue weighted by molar-refractivity contribution is 5.66. The lowest BCUT2D eigenvalue weighted by Crippen LogP contribution is -2.32. The Morgan fingerprint density at radius 1 is 1.44 bits per heavy atom. The molecule has 100 valence electrons. The number of aromatic hydroxyl groups is 1. The predicted molar refractivity (Wildman–Crippen MR) is 65.9 cm³/mol. The van der Waals surface area contributed by atoms with Gasteiger partial charge in [0.25, 0.3) is 0 Å². The monoisotopic (exact) mass is 255 g/mol. The summed E-state index contributed by atoms with van der Waals surface area (Å²) in [7, 11) is 0. The molecule has 0 aliphatic heterocycles. The van der Waals surface area contributed by atoms with Gasteiger partial charge < -0.3 is 10.2 Å². The van der Waals surface area contributed by atoms with Crippen LogP contribution in [-0.4, -0.2) is 33.7 Å². The number of hydrogen-bond donors (Lipinski definition) is 2. The average Bonchev–Trinajstić information content (AvgIpc) is 2.28. The number of carboxylic acids is 1. The van der Waals surface area contributed by atoms with E-state index in [9.17, 15) is 9.18 Å². The zero-order valence-electron chi connectivity index (χ0n) is 10.6. The predicted octanol–water partition coefficient (Wildman–Crippen LogP) is 2.22. The van der Waals surface area contributed by atoms with Crippen molar-refractivity contribution in [2.24, 2.45) is 0 Å². The summed E-state index contributed by atoms with van der Waals surface area (Å²) in [5.41, 5.74) is 0.712. The van der Waals surface area contributed by atoms with Crippen LogP contribution in [0.2, 0.25) is 0 Å². The molecule has 1 rings (SSSR count). The molecule has 0 heterocycles. The third kappa shape index (κ3) is 4.33. The molecule has 0 bridgehead atoms. The molecule has 0 aliphatic carbocycles. The second-order valence-electron chi connectivity index (χ2n) is 4.49. The SMILES string of the molecule is CC(C)N(CCC(=O)O)Cc1ccc(O)c(F)c1. The van der Waals surface area contributed by atoms with E-state index in [1.807, 2.05) is 18.7 Å². The first-order chi connectivity index (χ1) is 8.40. The lowest BCUT2D eigenvalue weighted by atomic mass is 10.1. The number of nitrogens with zero attached hydrogens (tertiary/aromatic N) is 1. The first-order valence-electron chi connectivity index (χ1n) is 5.83. The van der Waals surface area contributed by atoms with Crippen LogP contribution in [0, 0.1) is 5.82 Å². The smallest absolute Gasteiger partial charge is 0.304 e. The molecule has 0 saturated heterocycles. The van der Waals surface area contributed by atoms with Gasteiger partial charge in [-0.3, -0.25) is 9.69 Å². The molecule has 18 heavy (non-hydrogen) atoms. The number of aliphatic carboxylic acids is 1. The third-order valence-corrected chi connectivity index (χ3v) is 2.74. The fraction of sp³-hybridized carbons (Fsp3) is 0.462. The summed E-state index contributed by atoms with van der Waals surface area (Å²) in [6.07, 6.45) is 0.0543. The lowest BCUT2D eigenvalue weighted by molar-refractivity contribution is -0.137. The molecule has 0 amide bonds. The highest BCUT2D eigenvalue weighted by Crippen LogP contribution is 2.18. The van der Waals surface area contributed by atoms with E-state index >= 15 is 0 Å². The van der Waals surface area contributed by atoms with Crippen LogP contribution in [0.1, 0.15) is 25.8 Å². The quantitative estimate of drug-likeness (QED) is 0.818. The Kier molecular flexibility index (Phi) is 5.09. The van der Waals surface area contributed by atoms with E-state index in [0.29, 0.717) is 18.7 Å². The Morgan fingerprint density at radius 2 is 2.11 bits per heavy atom. The largest absolute Gasteiger partial charge is 0.505 e. The van der Waals surface area contributed by atoms with E-state index in [1.54, 1.807) is 6.07 Å². The van der Waals surface area contributed by atoms with Gasteiger partial charge in [-0.25, -0.2) is 4.39 Å². The molecule has 2 N–H and O–H groups in total. The van der Waals surface area contributed by atoms with Crippen LogP contribution >= 0.6 is 0 Å². The molecule has 0 spiro atoms. The topological polar surface area (TPSA) is 60.8 Å². The highest BCUT2D eigenvalue weighted by atomic mass is 19.1. The van der Waals surface area contributed by atoms with E-state index in [4.69, 9.17) is 10.2 Å². The zero-order chi connectivity index (χ0) is 13.7. The lowest BCUT2D eigenvalue weighted by Gasteiger charge is -2.25. The maximum atomic E-state index is 13.2. The third-order valence-electron chi connectivity index (χ3n) is 2.74. The normalized spacial score (nSPS) is 11.2. The van der Waals surface area contributed by atoms with E-state index in [-0.39, 0.29) is 18.2 Å². The van der Waals surface area contributed by atoms with Gasteiger partial charge in [-0.2, -0.15) is 0 Å². The highest BCUT2D eigenvalue weighted by Gasteiger charge is 2.12. The molecule has 0 unspecified atom stereocenters. The summed E-state index contributed by atoms with van der Waals surface area (Å²) in [4.78, 5) is 12.5. The maximum Gasteiger partial charge on any atom is 0.304 e. The van der Waals surface area contributed by atoms with Gasteiger partial charge in [0, 0.05) is 19.1 Å². The number of halogens is 1. The number of rotatable bonds is 6. The van der Waals surface area contributed by atoms with Gasteiger partial charge in [0.15, 0.2) is 11.6 Å². The van der Waals surface area contributed by atoms with Crippen LogP contribution in [0.15, 0.2) is 18.2 Å². The summed E-state index contributed by atoms with van der Waals surface area (Å²) in [5.74, 6) is -1.88. The Labute approximate surface area is 106 Å². The summed E-state index contributed by atoms with van der Waals surface area (Å²) in [5, 5.41) is 17.8. The summed E-state index contributed by atoms with van der Waals surface area (Å²) in [6.45, 7) is 4.79.